The SMILES string of the molecule is CC(C)C[C@H]1C(=O)O[C@H](Cc2ccc(Cn3cc(-c4cn(C)nn4)cn3)cc2)C(=O)N(C)[C@@H](CC(C)C)C(=O)O[C@H](C)C(=O)N(C)[C@@H](CC(C)C)C(=O)O[C@H](Cc2ccccc2)C(=O)N(C)[C@@H](CC(C)C)C(=O)O[C@H](C)C(=O)N1C. The summed E-state index contributed by atoms with van der Waals surface area (Å²) in [5.41, 5.74) is 3.56. The van der Waals surface area contributed by atoms with Gasteiger partial charge in [0.15, 0.2) is 24.4 Å². The number of hydrogen-bond acceptors (Lipinski definition) is 15. The Balaban J connectivity index is 1.57. The zero-order valence-electron chi connectivity index (χ0n) is 49.2. The maximum absolute atomic E-state index is 15.0. The molecule has 1 aliphatic heterocycles. The molecule has 0 radical (unpaired) electrons. The van der Waals surface area contributed by atoms with Gasteiger partial charge >= 0.3 is 23.9 Å². The highest BCUT2D eigenvalue weighted by atomic mass is 16.6. The third-order valence-electron chi connectivity index (χ3n) is 14.1. The Morgan fingerprint density at radius 1 is 0.463 bits per heavy atom. The standard InChI is InChI=1S/C59H83N9O12/c1-35(2)25-46-56(73)77-40(10)53(70)65(13)49(28-38(7)8)59(76)80-51(30-42-21-23-43(24-22-42)32-68-33-44(31-60-68)45-34-63(11)62-61-45)55(72)67(15)47(26-36(3)4)57(74)78-39(9)52(69)64(12)48(27-37(5)6)58(75)79-50(54(71)66(46)14)29-41-19-17-16-18-20-41/h16-24,31,33-40,46-51H,25-30,32H2,1-15H3/t39-,40-,46+,47+,48+,49+,50-,51-/m1/s1. The summed E-state index contributed by atoms with van der Waals surface area (Å²) in [4.78, 5) is 121. The average molecular weight is 1110 g/mol. The number of esters is 4. The van der Waals surface area contributed by atoms with Crippen molar-refractivity contribution in [2.24, 2.45) is 30.7 Å². The topological polar surface area (TPSA) is 235 Å². The maximum Gasteiger partial charge on any atom is 0.329 e. The molecule has 0 spiro atoms. The fraction of sp³-hybridized carbons (Fsp3) is 0.576. The molecular weight excluding hydrogens is 1030 g/mol. The first kappa shape index (κ1) is 63.4. The smallest absolute Gasteiger partial charge is 0.329 e. The van der Waals surface area contributed by atoms with E-state index in [1.165, 1.54) is 42.0 Å². The first-order valence-corrected chi connectivity index (χ1v) is 27.5. The van der Waals surface area contributed by atoms with Crippen molar-refractivity contribution in [3.05, 3.63) is 89.9 Å². The summed E-state index contributed by atoms with van der Waals surface area (Å²) in [6.07, 6.45) is -0.573. The minimum Gasteiger partial charge on any atom is -0.451 e. The number of amides is 4. The molecule has 2 aromatic carbocycles. The van der Waals surface area contributed by atoms with Crippen LogP contribution in [-0.2, 0) is 83.7 Å². The molecule has 0 aliphatic carbocycles. The van der Waals surface area contributed by atoms with Gasteiger partial charge in [-0.15, -0.1) is 5.10 Å². The molecule has 3 heterocycles. The molecule has 4 aromatic rings. The second-order valence-electron chi connectivity index (χ2n) is 22.8. The van der Waals surface area contributed by atoms with Gasteiger partial charge in [0.1, 0.15) is 29.9 Å². The van der Waals surface area contributed by atoms with Crippen LogP contribution in [0.2, 0.25) is 0 Å². The molecule has 436 valence electrons. The summed E-state index contributed by atoms with van der Waals surface area (Å²) in [6, 6.07) is 11.0. The lowest BCUT2D eigenvalue weighted by molar-refractivity contribution is -0.176. The number of nitrogens with zero attached hydrogens (tertiary/aromatic N) is 9. The number of benzene rings is 2. The van der Waals surface area contributed by atoms with Crippen LogP contribution in [0.4, 0.5) is 0 Å². The van der Waals surface area contributed by atoms with Crippen LogP contribution in [0.3, 0.4) is 0 Å². The van der Waals surface area contributed by atoms with E-state index in [1.807, 2.05) is 73.7 Å². The van der Waals surface area contributed by atoms with Crippen LogP contribution in [0.5, 0.6) is 0 Å². The van der Waals surface area contributed by atoms with E-state index >= 15 is 4.79 Å². The van der Waals surface area contributed by atoms with Gasteiger partial charge in [-0.3, -0.25) is 28.5 Å². The van der Waals surface area contributed by atoms with Crippen LogP contribution in [-0.4, -0.2) is 169 Å². The molecule has 0 unspecified atom stereocenters. The van der Waals surface area contributed by atoms with Crippen molar-refractivity contribution in [1.29, 1.82) is 0 Å². The van der Waals surface area contributed by atoms with E-state index in [0.717, 1.165) is 30.7 Å². The van der Waals surface area contributed by atoms with E-state index < -0.39 is 96.1 Å². The molecule has 21 nitrogen and oxygen atoms in total. The van der Waals surface area contributed by atoms with E-state index in [9.17, 15) is 33.6 Å². The number of aromatic nitrogens is 5. The quantitative estimate of drug-likeness (QED) is 0.103. The van der Waals surface area contributed by atoms with Crippen LogP contribution in [0.15, 0.2) is 73.2 Å². The van der Waals surface area contributed by atoms with Crippen molar-refractivity contribution in [3.63, 3.8) is 0 Å². The van der Waals surface area contributed by atoms with Gasteiger partial charge in [0.05, 0.1) is 18.9 Å². The Kier molecular flexibility index (Phi) is 22.7. The van der Waals surface area contributed by atoms with Gasteiger partial charge in [-0.1, -0.05) is 115 Å². The zero-order valence-corrected chi connectivity index (χ0v) is 49.2. The second kappa shape index (κ2) is 28.6. The summed E-state index contributed by atoms with van der Waals surface area (Å²) < 4.78 is 27.4. The van der Waals surface area contributed by atoms with E-state index in [4.69, 9.17) is 18.9 Å². The number of carbonyl (C=O) groups is 8. The molecule has 5 rings (SSSR count). The van der Waals surface area contributed by atoms with Crippen LogP contribution >= 0.6 is 0 Å². The highest BCUT2D eigenvalue weighted by Crippen LogP contribution is 2.25. The number of ether oxygens (including phenoxy) is 4. The first-order valence-electron chi connectivity index (χ1n) is 27.5. The van der Waals surface area contributed by atoms with Gasteiger partial charge in [-0.25, -0.2) is 19.2 Å². The molecule has 21 heteroatoms. The molecule has 0 saturated carbocycles. The molecule has 1 saturated heterocycles. The van der Waals surface area contributed by atoms with Crippen LogP contribution in [0.1, 0.15) is 112 Å². The summed E-state index contributed by atoms with van der Waals surface area (Å²) in [5, 5.41) is 12.6. The highest BCUT2D eigenvalue weighted by molar-refractivity contribution is 5.94. The lowest BCUT2D eigenvalue weighted by Gasteiger charge is -2.35. The molecule has 80 heavy (non-hydrogen) atoms. The van der Waals surface area contributed by atoms with Crippen molar-refractivity contribution in [2.45, 2.75) is 163 Å². The van der Waals surface area contributed by atoms with E-state index in [2.05, 4.69) is 15.4 Å². The van der Waals surface area contributed by atoms with Gasteiger partial charge in [0, 0.05) is 59.8 Å². The fourth-order valence-electron chi connectivity index (χ4n) is 9.55. The predicted octanol–water partition coefficient (Wildman–Crippen LogP) is 5.71. The molecule has 2 aromatic heterocycles. The van der Waals surface area contributed by atoms with Gasteiger partial charge in [-0.05, 0) is 79.9 Å². The zero-order chi connectivity index (χ0) is 59.3. The van der Waals surface area contributed by atoms with Gasteiger partial charge in [-0.2, -0.15) is 5.10 Å². The number of cyclic esters (lactones) is 4. The van der Waals surface area contributed by atoms with Crippen LogP contribution in [0.25, 0.3) is 11.3 Å². The lowest BCUT2D eigenvalue weighted by Crippen LogP contribution is -2.55. The Labute approximate surface area is 470 Å². The van der Waals surface area contributed by atoms with E-state index in [1.54, 1.807) is 71.3 Å². The average Bonchev–Trinajstić information content (AvgIpc) is 4.08. The maximum atomic E-state index is 15.0. The molecule has 1 fully saturated rings. The molecule has 0 N–H and O–H groups in total. The van der Waals surface area contributed by atoms with Crippen molar-refractivity contribution in [3.8, 4) is 11.3 Å². The summed E-state index contributed by atoms with van der Waals surface area (Å²) in [7, 11) is 7.33. The van der Waals surface area contributed by atoms with Crippen molar-refractivity contribution in [2.75, 3.05) is 28.2 Å². The first-order chi connectivity index (χ1) is 37.6. The summed E-state index contributed by atoms with van der Waals surface area (Å²) in [5.74, 6) is -7.40. The molecular formula is C59H83N9O12. The highest BCUT2D eigenvalue weighted by Gasteiger charge is 2.43. The lowest BCUT2D eigenvalue weighted by atomic mass is 9.99. The largest absolute Gasteiger partial charge is 0.451 e. The number of aryl methyl sites for hydroxylation is 1. The predicted molar refractivity (Wildman–Crippen MR) is 297 cm³/mol. The number of hydrogen-bond donors (Lipinski definition) is 0. The molecule has 0 bridgehead atoms. The Bertz CT molecular complexity index is 2740. The monoisotopic (exact) mass is 1110 g/mol. The fourth-order valence-corrected chi connectivity index (χ4v) is 9.55. The van der Waals surface area contributed by atoms with Gasteiger partial charge in [0.25, 0.3) is 23.6 Å². The second-order valence-corrected chi connectivity index (χ2v) is 22.8. The molecule has 4 amide bonds. The third kappa shape index (κ3) is 17.3. The third-order valence-corrected chi connectivity index (χ3v) is 14.1. The minimum absolute atomic E-state index is 0.0780. The normalized spacial score (nSPS) is 23.2. The van der Waals surface area contributed by atoms with E-state index in [0.29, 0.717) is 23.4 Å². The Morgan fingerprint density at radius 3 is 1.20 bits per heavy atom. The number of carbonyl (C=O) groups excluding carboxylic acids is 8. The van der Waals surface area contributed by atoms with Crippen LogP contribution in [0, 0.1) is 23.7 Å². The van der Waals surface area contributed by atoms with Crippen molar-refractivity contribution in [1.82, 2.24) is 44.4 Å². The summed E-state index contributed by atoms with van der Waals surface area (Å²) in [6.45, 7) is 17.9. The number of likely N-dealkylation sites (N-methyl/N-ethyl adjacent to an activating group) is 4. The molecule has 1 aliphatic rings. The van der Waals surface area contributed by atoms with Crippen molar-refractivity contribution < 1.29 is 57.3 Å². The van der Waals surface area contributed by atoms with Crippen molar-refractivity contribution >= 4 is 47.5 Å². The minimum atomic E-state index is -1.55. The summed E-state index contributed by atoms with van der Waals surface area (Å²) >= 11 is 0. The van der Waals surface area contributed by atoms with Gasteiger partial charge < -0.3 is 38.5 Å². The van der Waals surface area contributed by atoms with Crippen LogP contribution < -0.4 is 0 Å². The van der Waals surface area contributed by atoms with Gasteiger partial charge in [0.2, 0.25) is 0 Å². The number of rotatable bonds is 15. The molecule has 8 atom stereocenters. The Hall–Kier alpha value is -7.45. The Morgan fingerprint density at radius 2 is 0.825 bits per heavy atom. The van der Waals surface area contributed by atoms with E-state index in [-0.39, 0.29) is 62.2 Å².